The summed E-state index contributed by atoms with van der Waals surface area (Å²) in [5.41, 5.74) is -3.84. The summed E-state index contributed by atoms with van der Waals surface area (Å²) in [4.78, 5) is 13.3. The maximum Gasteiger partial charge on any atom is 0.434 e. The minimum absolute atomic E-state index is 0.395. The summed E-state index contributed by atoms with van der Waals surface area (Å²) >= 11 is 2.39. The van der Waals surface area contributed by atoms with E-state index in [-0.39, 0.29) is 0 Å². The summed E-state index contributed by atoms with van der Waals surface area (Å²) in [6.07, 6.45) is -8.31. The van der Waals surface area contributed by atoms with Gasteiger partial charge in [0.1, 0.15) is 5.69 Å². The van der Waals surface area contributed by atoms with Crippen molar-refractivity contribution < 1.29 is 31.9 Å². The van der Waals surface area contributed by atoms with Crippen LogP contribution in [0.4, 0.5) is 22.0 Å². The van der Waals surface area contributed by atoms with E-state index in [0.29, 0.717) is 6.07 Å². The summed E-state index contributed by atoms with van der Waals surface area (Å²) in [6, 6.07) is 0.395. The first-order chi connectivity index (χ1) is 7.64. The number of pyridine rings is 1. The van der Waals surface area contributed by atoms with Crippen LogP contribution < -0.4 is 0 Å². The number of hydrogen-bond donors (Lipinski definition) is 1. The van der Waals surface area contributed by atoms with E-state index < -0.39 is 40.0 Å². The molecule has 0 radical (unpaired) electrons. The van der Waals surface area contributed by atoms with Gasteiger partial charge >= 0.3 is 12.1 Å². The average Bonchev–Trinajstić information content (AvgIpc) is 2.15. The van der Waals surface area contributed by atoms with Crippen LogP contribution in [0.2, 0.25) is 0 Å². The average molecular weight is 320 g/mol. The van der Waals surface area contributed by atoms with E-state index in [0.717, 1.165) is 0 Å². The van der Waals surface area contributed by atoms with Crippen molar-refractivity contribution in [3.8, 4) is 0 Å². The van der Waals surface area contributed by atoms with Gasteiger partial charge in [0.2, 0.25) is 0 Å². The predicted octanol–water partition coefficient (Wildman–Crippen LogP) is 3.50. The Morgan fingerprint density at radius 3 is 2.29 bits per heavy atom. The number of carbonyl (C=O) groups is 1. The number of rotatable bonds is 2. The summed E-state index contributed by atoms with van der Waals surface area (Å²) in [6.45, 7) is 0. The first kappa shape index (κ1) is 13.8. The number of aromatic nitrogens is 1. The van der Waals surface area contributed by atoms with E-state index in [1.165, 1.54) is 0 Å². The first-order valence-electron chi connectivity index (χ1n) is 3.93. The molecule has 1 rings (SSSR count). The zero-order chi connectivity index (χ0) is 13.4. The molecule has 17 heavy (non-hydrogen) atoms. The molecular formula is C8H3BrF5NO2. The zero-order valence-corrected chi connectivity index (χ0v) is 9.31. The van der Waals surface area contributed by atoms with E-state index in [1.54, 1.807) is 0 Å². The van der Waals surface area contributed by atoms with Crippen molar-refractivity contribution in [2.24, 2.45) is 0 Å². The highest BCUT2D eigenvalue weighted by Crippen LogP contribution is 2.36. The van der Waals surface area contributed by atoms with E-state index in [1.807, 2.05) is 0 Å². The molecule has 0 spiro atoms. The molecule has 0 aliphatic rings. The number of aromatic carboxylic acids is 1. The monoisotopic (exact) mass is 319 g/mol. The molecule has 1 heterocycles. The SMILES string of the molecule is O=C(O)c1cc(C(F)F)nc(C(F)(F)F)c1Br. The molecular weight excluding hydrogens is 317 g/mol. The van der Waals surface area contributed by atoms with Gasteiger partial charge in [0.25, 0.3) is 6.43 Å². The third kappa shape index (κ3) is 2.90. The molecule has 0 amide bonds. The molecule has 0 aromatic carbocycles. The molecule has 1 aromatic heterocycles. The molecule has 0 aliphatic carbocycles. The largest absolute Gasteiger partial charge is 0.478 e. The Hall–Kier alpha value is -1.25. The molecule has 0 atom stereocenters. The third-order valence-electron chi connectivity index (χ3n) is 1.70. The van der Waals surface area contributed by atoms with Gasteiger partial charge in [0.15, 0.2) is 5.69 Å². The number of hydrogen-bond acceptors (Lipinski definition) is 2. The Balaban J connectivity index is 3.55. The number of halogens is 6. The molecule has 0 saturated carbocycles. The van der Waals surface area contributed by atoms with Crippen molar-refractivity contribution in [1.29, 1.82) is 0 Å². The summed E-state index contributed by atoms with van der Waals surface area (Å²) < 4.78 is 60.9. The fourth-order valence-electron chi connectivity index (χ4n) is 1.00. The van der Waals surface area contributed by atoms with Gasteiger partial charge in [-0.05, 0) is 22.0 Å². The smallest absolute Gasteiger partial charge is 0.434 e. The Morgan fingerprint density at radius 1 is 1.41 bits per heavy atom. The zero-order valence-electron chi connectivity index (χ0n) is 7.73. The van der Waals surface area contributed by atoms with Gasteiger partial charge in [-0.3, -0.25) is 0 Å². The first-order valence-corrected chi connectivity index (χ1v) is 4.73. The lowest BCUT2D eigenvalue weighted by Crippen LogP contribution is -2.14. The van der Waals surface area contributed by atoms with Crippen molar-refractivity contribution in [3.63, 3.8) is 0 Å². The van der Waals surface area contributed by atoms with Gasteiger partial charge in [-0.2, -0.15) is 13.2 Å². The maximum atomic E-state index is 12.4. The summed E-state index contributed by atoms with van der Waals surface area (Å²) in [7, 11) is 0. The fraction of sp³-hybridized carbons (Fsp3) is 0.250. The minimum atomic E-state index is -5.02. The van der Waals surface area contributed by atoms with E-state index >= 15 is 0 Å². The lowest BCUT2D eigenvalue weighted by atomic mass is 10.2. The lowest BCUT2D eigenvalue weighted by Gasteiger charge is -2.12. The van der Waals surface area contributed by atoms with Gasteiger partial charge < -0.3 is 5.11 Å². The predicted molar refractivity (Wildman–Crippen MR) is 48.9 cm³/mol. The quantitative estimate of drug-likeness (QED) is 0.849. The van der Waals surface area contributed by atoms with Gasteiger partial charge in [0, 0.05) is 0 Å². The van der Waals surface area contributed by atoms with Gasteiger partial charge in [-0.25, -0.2) is 18.6 Å². The Bertz CT molecular complexity index is 460. The second-order valence-electron chi connectivity index (χ2n) is 2.86. The normalized spacial score (nSPS) is 11.9. The van der Waals surface area contributed by atoms with Crippen molar-refractivity contribution in [2.75, 3.05) is 0 Å². The van der Waals surface area contributed by atoms with E-state index in [2.05, 4.69) is 20.9 Å². The fourth-order valence-corrected chi connectivity index (χ4v) is 1.60. The molecule has 0 saturated heterocycles. The number of nitrogens with zero attached hydrogens (tertiary/aromatic N) is 1. The van der Waals surface area contributed by atoms with Crippen LogP contribution in [0, 0.1) is 0 Å². The standard InChI is InChI=1S/C8H3BrF5NO2/c9-4-2(7(16)17)1-3(6(10)11)15-5(4)8(12,13)14/h1,6H,(H,16,17). The Morgan fingerprint density at radius 2 is 1.94 bits per heavy atom. The van der Waals surface area contributed by atoms with Crippen LogP contribution in [-0.2, 0) is 6.18 Å². The molecule has 1 aromatic rings. The third-order valence-corrected chi connectivity index (χ3v) is 2.50. The van der Waals surface area contributed by atoms with Gasteiger partial charge in [-0.15, -0.1) is 0 Å². The highest BCUT2D eigenvalue weighted by atomic mass is 79.9. The summed E-state index contributed by atoms with van der Waals surface area (Å²) in [5.74, 6) is -1.76. The molecule has 0 unspecified atom stereocenters. The van der Waals surface area contributed by atoms with Crippen LogP contribution in [0.25, 0.3) is 0 Å². The van der Waals surface area contributed by atoms with Crippen LogP contribution in [0.1, 0.15) is 28.2 Å². The molecule has 94 valence electrons. The molecule has 1 N–H and O–H groups in total. The Kier molecular flexibility index (Phi) is 3.70. The van der Waals surface area contributed by atoms with Crippen LogP contribution in [0.3, 0.4) is 0 Å². The molecule has 0 bridgehead atoms. The Labute approximate surface area is 99.4 Å². The van der Waals surface area contributed by atoms with Crippen molar-refractivity contribution in [1.82, 2.24) is 4.98 Å². The van der Waals surface area contributed by atoms with Crippen LogP contribution in [-0.4, -0.2) is 16.1 Å². The van der Waals surface area contributed by atoms with E-state index in [4.69, 9.17) is 5.11 Å². The molecule has 0 aliphatic heterocycles. The van der Waals surface area contributed by atoms with Crippen LogP contribution in [0.5, 0.6) is 0 Å². The van der Waals surface area contributed by atoms with Gasteiger partial charge in [0.05, 0.1) is 10.0 Å². The maximum absolute atomic E-state index is 12.4. The molecule has 0 fully saturated rings. The highest BCUT2D eigenvalue weighted by Gasteiger charge is 2.38. The highest BCUT2D eigenvalue weighted by molar-refractivity contribution is 9.10. The van der Waals surface area contributed by atoms with Gasteiger partial charge in [-0.1, -0.05) is 0 Å². The lowest BCUT2D eigenvalue weighted by molar-refractivity contribution is -0.142. The van der Waals surface area contributed by atoms with E-state index in [9.17, 15) is 26.7 Å². The molecule has 3 nitrogen and oxygen atoms in total. The topological polar surface area (TPSA) is 50.2 Å². The van der Waals surface area contributed by atoms with Crippen molar-refractivity contribution >= 4 is 21.9 Å². The number of carboxylic acids is 1. The number of carboxylic acid groups (broad SMARTS) is 1. The minimum Gasteiger partial charge on any atom is -0.478 e. The second kappa shape index (κ2) is 4.55. The summed E-state index contributed by atoms with van der Waals surface area (Å²) in [5, 5.41) is 8.59. The van der Waals surface area contributed by atoms with Crippen molar-refractivity contribution in [3.05, 3.63) is 27.5 Å². The second-order valence-corrected chi connectivity index (χ2v) is 3.65. The molecule has 9 heteroatoms. The van der Waals surface area contributed by atoms with Crippen LogP contribution in [0.15, 0.2) is 10.5 Å². The van der Waals surface area contributed by atoms with Crippen LogP contribution >= 0.6 is 15.9 Å². The van der Waals surface area contributed by atoms with Crippen molar-refractivity contribution in [2.45, 2.75) is 12.6 Å². The number of alkyl halides is 5.